The van der Waals surface area contributed by atoms with E-state index in [1.54, 1.807) is 7.05 Å². The molecule has 0 fully saturated rings. The van der Waals surface area contributed by atoms with Gasteiger partial charge >= 0.3 is 0 Å². The van der Waals surface area contributed by atoms with Crippen LogP contribution in [0.3, 0.4) is 0 Å². The standard InChI is InChI=1S/C12H21FN4/c1-9(2)6-4-5-7-15-11-10(13)8-16-12(14-3)17-11/h8-9H,4-7H2,1-3H3,(H2,14,15,16,17). The molecule has 0 aliphatic heterocycles. The summed E-state index contributed by atoms with van der Waals surface area (Å²) >= 11 is 0. The molecule has 0 bridgehead atoms. The predicted molar refractivity (Wildman–Crippen MR) is 68.7 cm³/mol. The molecule has 0 aromatic carbocycles. The summed E-state index contributed by atoms with van der Waals surface area (Å²) in [6.45, 7) is 5.15. The highest BCUT2D eigenvalue weighted by Crippen LogP contribution is 2.12. The van der Waals surface area contributed by atoms with Crippen molar-refractivity contribution in [1.82, 2.24) is 9.97 Å². The van der Waals surface area contributed by atoms with Crippen LogP contribution in [-0.2, 0) is 0 Å². The van der Waals surface area contributed by atoms with Crippen LogP contribution in [0.1, 0.15) is 33.1 Å². The molecule has 1 aromatic rings. The van der Waals surface area contributed by atoms with E-state index in [-0.39, 0.29) is 5.82 Å². The topological polar surface area (TPSA) is 49.8 Å². The number of aromatic nitrogens is 2. The number of anilines is 2. The summed E-state index contributed by atoms with van der Waals surface area (Å²) in [7, 11) is 1.71. The first-order chi connectivity index (χ1) is 8.13. The molecule has 0 spiro atoms. The zero-order valence-corrected chi connectivity index (χ0v) is 10.8. The lowest BCUT2D eigenvalue weighted by Gasteiger charge is -2.08. The summed E-state index contributed by atoms with van der Waals surface area (Å²) in [5, 5.41) is 5.78. The number of rotatable bonds is 7. The van der Waals surface area contributed by atoms with Gasteiger partial charge in [0, 0.05) is 13.6 Å². The first-order valence-electron chi connectivity index (χ1n) is 6.07. The van der Waals surface area contributed by atoms with Gasteiger partial charge in [-0.25, -0.2) is 9.37 Å². The molecular weight excluding hydrogens is 219 g/mol. The molecular formula is C12H21FN4. The van der Waals surface area contributed by atoms with Gasteiger partial charge in [-0.2, -0.15) is 4.98 Å². The van der Waals surface area contributed by atoms with Gasteiger partial charge in [0.1, 0.15) is 0 Å². The van der Waals surface area contributed by atoms with Gasteiger partial charge in [-0.05, 0) is 12.3 Å². The zero-order valence-electron chi connectivity index (χ0n) is 10.8. The molecule has 17 heavy (non-hydrogen) atoms. The summed E-state index contributed by atoms with van der Waals surface area (Å²) < 4.78 is 13.3. The third-order valence-electron chi connectivity index (χ3n) is 2.47. The van der Waals surface area contributed by atoms with Crippen LogP contribution in [0, 0.1) is 11.7 Å². The smallest absolute Gasteiger partial charge is 0.224 e. The highest BCUT2D eigenvalue weighted by atomic mass is 19.1. The van der Waals surface area contributed by atoms with Crippen LogP contribution in [0.25, 0.3) is 0 Å². The normalized spacial score (nSPS) is 10.6. The molecule has 0 amide bonds. The second-order valence-electron chi connectivity index (χ2n) is 4.46. The Balaban J connectivity index is 2.35. The third kappa shape index (κ3) is 4.97. The summed E-state index contributed by atoms with van der Waals surface area (Å²) in [4.78, 5) is 7.80. The van der Waals surface area contributed by atoms with Crippen LogP contribution >= 0.6 is 0 Å². The van der Waals surface area contributed by atoms with E-state index in [9.17, 15) is 4.39 Å². The molecule has 0 saturated carbocycles. The quantitative estimate of drug-likeness (QED) is 0.719. The number of nitrogens with zero attached hydrogens (tertiary/aromatic N) is 2. The maximum Gasteiger partial charge on any atom is 0.224 e. The second kappa shape index (κ2) is 7.04. The first-order valence-corrected chi connectivity index (χ1v) is 6.07. The van der Waals surface area contributed by atoms with Crippen molar-refractivity contribution in [1.29, 1.82) is 0 Å². The van der Waals surface area contributed by atoms with Crippen molar-refractivity contribution in [2.75, 3.05) is 24.2 Å². The van der Waals surface area contributed by atoms with Crippen molar-refractivity contribution in [3.05, 3.63) is 12.0 Å². The van der Waals surface area contributed by atoms with Gasteiger partial charge < -0.3 is 10.6 Å². The van der Waals surface area contributed by atoms with E-state index in [4.69, 9.17) is 0 Å². The summed E-state index contributed by atoms with van der Waals surface area (Å²) in [6, 6.07) is 0. The van der Waals surface area contributed by atoms with Crippen LogP contribution < -0.4 is 10.6 Å². The lowest BCUT2D eigenvalue weighted by Crippen LogP contribution is -2.08. The molecule has 0 radical (unpaired) electrons. The van der Waals surface area contributed by atoms with E-state index in [1.165, 1.54) is 12.6 Å². The van der Waals surface area contributed by atoms with Gasteiger partial charge in [-0.1, -0.05) is 26.7 Å². The molecule has 0 saturated heterocycles. The fraction of sp³-hybridized carbons (Fsp3) is 0.667. The van der Waals surface area contributed by atoms with Crippen molar-refractivity contribution in [2.45, 2.75) is 33.1 Å². The summed E-state index contributed by atoms with van der Waals surface area (Å²) in [6.07, 6.45) is 4.55. The van der Waals surface area contributed by atoms with Crippen LogP contribution in [0.15, 0.2) is 6.20 Å². The van der Waals surface area contributed by atoms with Crippen molar-refractivity contribution < 1.29 is 4.39 Å². The average molecular weight is 240 g/mol. The molecule has 5 heteroatoms. The van der Waals surface area contributed by atoms with E-state index in [0.717, 1.165) is 25.3 Å². The Labute approximate surface area is 102 Å². The molecule has 2 N–H and O–H groups in total. The minimum absolute atomic E-state index is 0.272. The number of halogens is 1. The molecule has 0 atom stereocenters. The summed E-state index contributed by atoms with van der Waals surface area (Å²) in [5.41, 5.74) is 0. The Morgan fingerprint density at radius 2 is 2.12 bits per heavy atom. The highest BCUT2D eigenvalue weighted by Gasteiger charge is 2.05. The Kier molecular flexibility index (Phi) is 5.66. The number of hydrogen-bond acceptors (Lipinski definition) is 4. The monoisotopic (exact) mass is 240 g/mol. The van der Waals surface area contributed by atoms with Gasteiger partial charge in [0.05, 0.1) is 6.20 Å². The maximum atomic E-state index is 13.3. The van der Waals surface area contributed by atoms with Gasteiger partial charge in [-0.3, -0.25) is 0 Å². The second-order valence-corrected chi connectivity index (χ2v) is 4.46. The highest BCUT2D eigenvalue weighted by molar-refractivity contribution is 5.40. The maximum absolute atomic E-state index is 13.3. The zero-order chi connectivity index (χ0) is 12.7. The lowest BCUT2D eigenvalue weighted by molar-refractivity contribution is 0.543. The first kappa shape index (κ1) is 13.7. The van der Waals surface area contributed by atoms with Crippen molar-refractivity contribution >= 4 is 11.8 Å². The summed E-state index contributed by atoms with van der Waals surface area (Å²) in [5.74, 6) is 1.01. The molecule has 0 aliphatic rings. The van der Waals surface area contributed by atoms with Crippen LogP contribution in [0.5, 0.6) is 0 Å². The van der Waals surface area contributed by atoms with Crippen LogP contribution in [0.4, 0.5) is 16.2 Å². The number of nitrogens with one attached hydrogen (secondary N) is 2. The SMILES string of the molecule is CNc1ncc(F)c(NCCCCC(C)C)n1. The van der Waals surface area contributed by atoms with E-state index >= 15 is 0 Å². The Morgan fingerprint density at radius 3 is 2.76 bits per heavy atom. The van der Waals surface area contributed by atoms with Crippen LogP contribution in [-0.4, -0.2) is 23.6 Å². The average Bonchev–Trinajstić information content (AvgIpc) is 2.30. The van der Waals surface area contributed by atoms with Gasteiger partial charge in [0.25, 0.3) is 0 Å². The molecule has 0 aliphatic carbocycles. The molecule has 1 heterocycles. The van der Waals surface area contributed by atoms with Crippen molar-refractivity contribution in [3.63, 3.8) is 0 Å². The number of unbranched alkanes of at least 4 members (excludes halogenated alkanes) is 1. The minimum atomic E-state index is -0.409. The van der Waals surface area contributed by atoms with Crippen LogP contribution in [0.2, 0.25) is 0 Å². The van der Waals surface area contributed by atoms with E-state index in [2.05, 4.69) is 34.4 Å². The molecule has 1 rings (SSSR count). The minimum Gasteiger partial charge on any atom is -0.367 e. The van der Waals surface area contributed by atoms with Gasteiger partial charge in [0.2, 0.25) is 5.95 Å². The Bertz CT molecular complexity index is 341. The van der Waals surface area contributed by atoms with E-state index in [1.807, 2.05) is 0 Å². The fourth-order valence-corrected chi connectivity index (χ4v) is 1.50. The molecule has 0 unspecified atom stereocenters. The van der Waals surface area contributed by atoms with Gasteiger partial charge in [-0.15, -0.1) is 0 Å². The molecule has 1 aromatic heterocycles. The number of hydrogen-bond donors (Lipinski definition) is 2. The van der Waals surface area contributed by atoms with E-state index < -0.39 is 5.82 Å². The third-order valence-corrected chi connectivity index (χ3v) is 2.47. The Hall–Kier alpha value is -1.39. The fourth-order valence-electron chi connectivity index (χ4n) is 1.50. The molecule has 96 valence electrons. The Morgan fingerprint density at radius 1 is 1.35 bits per heavy atom. The lowest BCUT2D eigenvalue weighted by atomic mass is 10.1. The predicted octanol–water partition coefficient (Wildman–Crippen LogP) is 2.90. The van der Waals surface area contributed by atoms with Gasteiger partial charge in [0.15, 0.2) is 11.6 Å². The van der Waals surface area contributed by atoms with Crippen molar-refractivity contribution in [3.8, 4) is 0 Å². The largest absolute Gasteiger partial charge is 0.367 e. The van der Waals surface area contributed by atoms with Crippen molar-refractivity contribution in [2.24, 2.45) is 5.92 Å². The molecule has 4 nitrogen and oxygen atoms in total. The van der Waals surface area contributed by atoms with E-state index in [0.29, 0.717) is 5.95 Å².